The van der Waals surface area contributed by atoms with Gasteiger partial charge in [0, 0.05) is 12.5 Å². The zero-order valence-corrected chi connectivity index (χ0v) is 8.22. The number of hydrogen-bond acceptors (Lipinski definition) is 2. The van der Waals surface area contributed by atoms with Gasteiger partial charge in [0.2, 0.25) is 0 Å². The van der Waals surface area contributed by atoms with E-state index in [9.17, 15) is 5.11 Å². The van der Waals surface area contributed by atoms with Crippen LogP contribution in [0.5, 0.6) is 0 Å². The molecule has 0 fully saturated rings. The molecule has 0 aliphatic heterocycles. The lowest BCUT2D eigenvalue weighted by Crippen LogP contribution is -2.44. The molecule has 2 N–H and O–H groups in total. The third kappa shape index (κ3) is 5.17. The maximum Gasteiger partial charge on any atom is 0.0741 e. The molecule has 2 heteroatoms. The molecule has 0 aliphatic rings. The average molecular weight is 169 g/mol. The van der Waals surface area contributed by atoms with Crippen LogP contribution in [-0.2, 0) is 0 Å². The molecule has 0 heterocycles. The number of unbranched alkanes of at least 4 members (excludes halogenated alkanes) is 1. The van der Waals surface area contributed by atoms with Crippen LogP contribution in [0.15, 0.2) is 0 Å². The maximum atomic E-state index is 9.54. The van der Waals surface area contributed by atoms with E-state index in [0.29, 0.717) is 0 Å². The first kappa shape index (κ1) is 11.5. The summed E-state index contributed by atoms with van der Waals surface area (Å²) in [6.07, 6.45) is 6.87. The third-order valence-electron chi connectivity index (χ3n) is 2.01. The summed E-state index contributed by atoms with van der Waals surface area (Å²) in [5.41, 5.74) is -0.657. The van der Waals surface area contributed by atoms with Crippen LogP contribution >= 0.6 is 0 Å². The summed E-state index contributed by atoms with van der Waals surface area (Å²) in [7, 11) is 0. The number of hydrogen-bond donors (Lipinski definition) is 2. The van der Waals surface area contributed by atoms with Crippen LogP contribution in [0.25, 0.3) is 0 Å². The van der Waals surface area contributed by atoms with Gasteiger partial charge in [0.25, 0.3) is 0 Å². The Morgan fingerprint density at radius 2 is 2.17 bits per heavy atom. The van der Waals surface area contributed by atoms with Gasteiger partial charge >= 0.3 is 0 Å². The minimum Gasteiger partial charge on any atom is -0.389 e. The molecule has 0 radical (unpaired) electrons. The van der Waals surface area contributed by atoms with Crippen LogP contribution in [0.3, 0.4) is 0 Å². The van der Waals surface area contributed by atoms with Gasteiger partial charge in [0.05, 0.1) is 5.60 Å². The normalized spacial score (nSPS) is 13.9. The minimum absolute atomic E-state index is 0.107. The fourth-order valence-electron chi connectivity index (χ4n) is 0.759. The monoisotopic (exact) mass is 169 g/mol. The van der Waals surface area contributed by atoms with Gasteiger partial charge in [-0.15, -0.1) is 12.3 Å². The minimum atomic E-state index is -0.657. The number of terminal acetylenes is 1. The summed E-state index contributed by atoms with van der Waals surface area (Å²) in [5, 5.41) is 12.8. The largest absolute Gasteiger partial charge is 0.389 e. The summed E-state index contributed by atoms with van der Waals surface area (Å²) in [4.78, 5) is 0. The summed E-state index contributed by atoms with van der Waals surface area (Å²) >= 11 is 0. The maximum absolute atomic E-state index is 9.54. The van der Waals surface area contributed by atoms with E-state index in [1.807, 2.05) is 6.92 Å². The van der Waals surface area contributed by atoms with Gasteiger partial charge in [-0.1, -0.05) is 0 Å². The zero-order valence-electron chi connectivity index (χ0n) is 8.22. The van der Waals surface area contributed by atoms with Crippen molar-refractivity contribution in [1.82, 2.24) is 5.32 Å². The predicted octanol–water partition coefficient (Wildman–Crippen LogP) is 1.15. The van der Waals surface area contributed by atoms with Crippen LogP contribution in [0.1, 0.15) is 33.6 Å². The van der Waals surface area contributed by atoms with Gasteiger partial charge in [0.15, 0.2) is 0 Å². The highest BCUT2D eigenvalue weighted by molar-refractivity contribution is 4.84. The molecule has 0 spiro atoms. The molecule has 0 aromatic heterocycles. The lowest BCUT2D eigenvalue weighted by Gasteiger charge is -2.26. The third-order valence-corrected chi connectivity index (χ3v) is 2.01. The van der Waals surface area contributed by atoms with Crippen molar-refractivity contribution in [2.45, 2.75) is 45.3 Å². The molecule has 12 heavy (non-hydrogen) atoms. The van der Waals surface area contributed by atoms with Crippen LogP contribution in [0, 0.1) is 12.3 Å². The van der Waals surface area contributed by atoms with Gasteiger partial charge in [-0.2, -0.15) is 0 Å². The Balaban J connectivity index is 3.46. The molecule has 0 saturated heterocycles. The molecule has 0 aromatic rings. The van der Waals surface area contributed by atoms with E-state index in [0.717, 1.165) is 19.4 Å². The van der Waals surface area contributed by atoms with E-state index in [2.05, 4.69) is 11.2 Å². The van der Waals surface area contributed by atoms with Crippen LogP contribution in [0.2, 0.25) is 0 Å². The second-order valence-corrected chi connectivity index (χ2v) is 3.64. The standard InChI is InChI=1S/C10H19NO/c1-5-6-7-8-11-9(2)10(3,4)12/h1,9,11-12H,6-8H2,2-4H3. The highest BCUT2D eigenvalue weighted by Crippen LogP contribution is 2.06. The first-order valence-electron chi connectivity index (χ1n) is 4.37. The second kappa shape index (κ2) is 5.18. The van der Waals surface area contributed by atoms with Gasteiger partial charge in [-0.3, -0.25) is 0 Å². The van der Waals surface area contributed by atoms with Crippen LogP contribution in [-0.4, -0.2) is 23.3 Å². The summed E-state index contributed by atoms with van der Waals surface area (Å²) < 4.78 is 0. The first-order valence-corrected chi connectivity index (χ1v) is 4.37. The number of aliphatic hydroxyl groups is 1. The number of rotatable bonds is 5. The first-order chi connectivity index (χ1) is 5.48. The highest BCUT2D eigenvalue weighted by Gasteiger charge is 2.20. The van der Waals surface area contributed by atoms with Crippen molar-refractivity contribution in [2.24, 2.45) is 0 Å². The Kier molecular flexibility index (Phi) is 4.96. The quantitative estimate of drug-likeness (QED) is 0.478. The molecule has 0 bridgehead atoms. The van der Waals surface area contributed by atoms with E-state index < -0.39 is 5.60 Å². The Morgan fingerprint density at radius 3 is 2.58 bits per heavy atom. The van der Waals surface area contributed by atoms with E-state index in [1.165, 1.54) is 0 Å². The zero-order chi connectivity index (χ0) is 9.61. The van der Waals surface area contributed by atoms with Crippen molar-refractivity contribution in [3.8, 4) is 12.3 Å². The molecule has 2 nitrogen and oxygen atoms in total. The van der Waals surface area contributed by atoms with E-state index in [-0.39, 0.29) is 6.04 Å². The average Bonchev–Trinajstić information content (AvgIpc) is 1.96. The van der Waals surface area contributed by atoms with Crippen LogP contribution in [0.4, 0.5) is 0 Å². The molecule has 0 aromatic carbocycles. The highest BCUT2D eigenvalue weighted by atomic mass is 16.3. The summed E-state index contributed by atoms with van der Waals surface area (Å²) in [6, 6.07) is 0.107. The summed E-state index contributed by atoms with van der Waals surface area (Å²) in [5.74, 6) is 2.58. The van der Waals surface area contributed by atoms with Gasteiger partial charge in [-0.25, -0.2) is 0 Å². The fourth-order valence-corrected chi connectivity index (χ4v) is 0.759. The van der Waals surface area contributed by atoms with Crippen molar-refractivity contribution in [3.05, 3.63) is 0 Å². The molecule has 0 aliphatic carbocycles. The van der Waals surface area contributed by atoms with Crippen molar-refractivity contribution >= 4 is 0 Å². The Labute approximate surface area is 75.4 Å². The predicted molar refractivity (Wildman–Crippen MR) is 51.8 cm³/mol. The van der Waals surface area contributed by atoms with E-state index in [4.69, 9.17) is 6.42 Å². The Hall–Kier alpha value is -0.520. The second-order valence-electron chi connectivity index (χ2n) is 3.64. The van der Waals surface area contributed by atoms with Crippen molar-refractivity contribution < 1.29 is 5.11 Å². The molecule has 1 atom stereocenters. The molecule has 70 valence electrons. The lowest BCUT2D eigenvalue weighted by atomic mass is 10.0. The Morgan fingerprint density at radius 1 is 1.58 bits per heavy atom. The van der Waals surface area contributed by atoms with Crippen LogP contribution < -0.4 is 5.32 Å². The van der Waals surface area contributed by atoms with Crippen molar-refractivity contribution in [3.63, 3.8) is 0 Å². The van der Waals surface area contributed by atoms with E-state index >= 15 is 0 Å². The molecular weight excluding hydrogens is 150 g/mol. The topological polar surface area (TPSA) is 32.3 Å². The fraction of sp³-hybridized carbons (Fsp3) is 0.800. The van der Waals surface area contributed by atoms with Gasteiger partial charge in [-0.05, 0) is 33.7 Å². The van der Waals surface area contributed by atoms with Gasteiger partial charge in [0.1, 0.15) is 0 Å². The number of nitrogens with one attached hydrogen (secondary N) is 1. The van der Waals surface area contributed by atoms with Gasteiger partial charge < -0.3 is 10.4 Å². The van der Waals surface area contributed by atoms with Crippen molar-refractivity contribution in [1.29, 1.82) is 0 Å². The SMILES string of the molecule is C#CCCCNC(C)C(C)(C)O. The molecule has 0 amide bonds. The van der Waals surface area contributed by atoms with E-state index in [1.54, 1.807) is 13.8 Å². The molecular formula is C10H19NO. The van der Waals surface area contributed by atoms with Crippen molar-refractivity contribution in [2.75, 3.05) is 6.54 Å². The molecule has 0 rings (SSSR count). The molecule has 0 saturated carbocycles. The summed E-state index contributed by atoms with van der Waals surface area (Å²) in [6.45, 7) is 6.43. The molecule has 1 unspecified atom stereocenters. The lowest BCUT2D eigenvalue weighted by molar-refractivity contribution is 0.0444. The smallest absolute Gasteiger partial charge is 0.0741 e. The Bertz CT molecular complexity index is 152.